The lowest BCUT2D eigenvalue weighted by Gasteiger charge is -2.09. The number of nitro benzene ring substituents is 1. The van der Waals surface area contributed by atoms with Crippen LogP contribution >= 0.6 is 11.6 Å². The number of nitrogens with zero attached hydrogens (tertiary/aromatic N) is 2. The van der Waals surface area contributed by atoms with Gasteiger partial charge in [0.05, 0.1) is 34.7 Å². The van der Waals surface area contributed by atoms with E-state index in [0.717, 1.165) is 12.1 Å². The molecule has 0 atom stereocenters. The van der Waals surface area contributed by atoms with Crippen molar-refractivity contribution in [1.82, 2.24) is 5.43 Å². The molecule has 0 heterocycles. The standard InChI is InChI=1S/C18H17ClN4O5/c1-11(9-17(24)20-15-5-3-4-6-16(15)28-2)21-22-18(25)13-8-7-12(23(26)27)10-14(13)19/h3-8,10H,9H2,1-2H3,(H,20,24)(H,22,25)/b21-11-. The van der Waals surface area contributed by atoms with Crippen molar-refractivity contribution in [2.24, 2.45) is 5.10 Å². The first-order chi connectivity index (χ1) is 13.3. The molecule has 0 aliphatic rings. The molecule has 0 fully saturated rings. The first-order valence-electron chi connectivity index (χ1n) is 8.02. The maximum Gasteiger partial charge on any atom is 0.272 e. The highest BCUT2D eigenvalue weighted by Crippen LogP contribution is 2.23. The minimum absolute atomic E-state index is 0.0299. The number of methoxy groups -OCH3 is 1. The second kappa shape index (κ2) is 9.47. The van der Waals surface area contributed by atoms with Crippen molar-refractivity contribution in [3.63, 3.8) is 0 Å². The molecule has 2 amide bonds. The van der Waals surface area contributed by atoms with Gasteiger partial charge in [0.1, 0.15) is 5.75 Å². The molecule has 0 aliphatic carbocycles. The quantitative estimate of drug-likeness (QED) is 0.416. The Hall–Kier alpha value is -3.46. The Kier molecular flexibility index (Phi) is 7.05. The van der Waals surface area contributed by atoms with Gasteiger partial charge >= 0.3 is 0 Å². The van der Waals surface area contributed by atoms with Gasteiger partial charge in [-0.1, -0.05) is 23.7 Å². The number of amides is 2. The highest BCUT2D eigenvalue weighted by atomic mass is 35.5. The summed E-state index contributed by atoms with van der Waals surface area (Å²) in [5.74, 6) is -0.468. The van der Waals surface area contributed by atoms with E-state index in [9.17, 15) is 19.7 Å². The summed E-state index contributed by atoms with van der Waals surface area (Å²) >= 11 is 5.90. The van der Waals surface area contributed by atoms with Crippen LogP contribution in [0.2, 0.25) is 5.02 Å². The summed E-state index contributed by atoms with van der Waals surface area (Å²) in [4.78, 5) is 34.3. The van der Waals surface area contributed by atoms with Crippen molar-refractivity contribution >= 4 is 40.5 Å². The van der Waals surface area contributed by atoms with Crippen LogP contribution in [0.25, 0.3) is 0 Å². The summed E-state index contributed by atoms with van der Waals surface area (Å²) < 4.78 is 5.16. The third-order valence-corrected chi connectivity index (χ3v) is 3.87. The van der Waals surface area contributed by atoms with Crippen LogP contribution in [0.5, 0.6) is 5.75 Å². The van der Waals surface area contributed by atoms with Crippen LogP contribution in [0.4, 0.5) is 11.4 Å². The van der Waals surface area contributed by atoms with Crippen LogP contribution in [0.15, 0.2) is 47.6 Å². The van der Waals surface area contributed by atoms with E-state index in [0.29, 0.717) is 17.1 Å². The van der Waals surface area contributed by atoms with E-state index in [2.05, 4.69) is 15.8 Å². The number of carbonyl (C=O) groups excluding carboxylic acids is 2. The normalized spacial score (nSPS) is 10.9. The van der Waals surface area contributed by atoms with Crippen LogP contribution in [-0.4, -0.2) is 29.6 Å². The number of benzene rings is 2. The minimum Gasteiger partial charge on any atom is -0.495 e. The molecular formula is C18H17ClN4O5. The molecule has 10 heteroatoms. The van der Waals surface area contributed by atoms with Gasteiger partial charge in [0.25, 0.3) is 11.6 Å². The highest BCUT2D eigenvalue weighted by molar-refractivity contribution is 6.34. The molecule has 28 heavy (non-hydrogen) atoms. The molecule has 0 radical (unpaired) electrons. The summed E-state index contributed by atoms with van der Waals surface area (Å²) in [6, 6.07) is 10.4. The number of ether oxygens (including phenoxy) is 1. The van der Waals surface area contributed by atoms with Crippen molar-refractivity contribution in [1.29, 1.82) is 0 Å². The number of para-hydroxylation sites is 2. The molecular weight excluding hydrogens is 388 g/mol. The van der Waals surface area contributed by atoms with Gasteiger partial charge in [0.2, 0.25) is 5.91 Å². The number of hydrogen-bond acceptors (Lipinski definition) is 6. The summed E-state index contributed by atoms with van der Waals surface area (Å²) in [5, 5.41) is 17.2. The van der Waals surface area contributed by atoms with Crippen molar-refractivity contribution in [2.75, 3.05) is 12.4 Å². The molecule has 0 aliphatic heterocycles. The molecule has 0 aromatic heterocycles. The maximum absolute atomic E-state index is 12.1. The molecule has 0 spiro atoms. The molecule has 146 valence electrons. The monoisotopic (exact) mass is 404 g/mol. The zero-order valence-electron chi connectivity index (χ0n) is 15.1. The van der Waals surface area contributed by atoms with E-state index in [1.54, 1.807) is 31.2 Å². The zero-order chi connectivity index (χ0) is 20.7. The molecule has 0 saturated carbocycles. The number of carbonyl (C=O) groups is 2. The summed E-state index contributed by atoms with van der Waals surface area (Å²) in [6.45, 7) is 1.57. The first kappa shape index (κ1) is 20.8. The average molecular weight is 405 g/mol. The third kappa shape index (κ3) is 5.52. The van der Waals surface area contributed by atoms with E-state index < -0.39 is 10.8 Å². The predicted molar refractivity (Wildman–Crippen MR) is 105 cm³/mol. The Morgan fingerprint density at radius 1 is 1.25 bits per heavy atom. The molecule has 2 rings (SSSR count). The predicted octanol–water partition coefficient (Wildman–Crippen LogP) is 3.39. The Bertz CT molecular complexity index is 945. The lowest BCUT2D eigenvalue weighted by molar-refractivity contribution is -0.384. The van der Waals surface area contributed by atoms with E-state index in [1.165, 1.54) is 13.2 Å². The smallest absolute Gasteiger partial charge is 0.272 e. The number of hydrogen-bond donors (Lipinski definition) is 2. The SMILES string of the molecule is COc1ccccc1NC(=O)C/C(C)=N\NC(=O)c1ccc([N+](=O)[O-])cc1Cl. The van der Waals surface area contributed by atoms with E-state index in [4.69, 9.17) is 16.3 Å². The topological polar surface area (TPSA) is 123 Å². The van der Waals surface area contributed by atoms with Crippen molar-refractivity contribution in [3.8, 4) is 5.75 Å². The number of hydrazone groups is 1. The number of halogens is 1. The largest absolute Gasteiger partial charge is 0.495 e. The van der Waals surface area contributed by atoms with Gasteiger partial charge in [0.15, 0.2) is 0 Å². The van der Waals surface area contributed by atoms with Gasteiger partial charge in [-0.05, 0) is 25.1 Å². The average Bonchev–Trinajstić information content (AvgIpc) is 2.66. The second-order valence-corrected chi connectivity index (χ2v) is 6.04. The van der Waals surface area contributed by atoms with E-state index in [1.807, 2.05) is 0 Å². The lowest BCUT2D eigenvalue weighted by Crippen LogP contribution is -2.22. The van der Waals surface area contributed by atoms with Crippen molar-refractivity contribution in [2.45, 2.75) is 13.3 Å². The van der Waals surface area contributed by atoms with Crippen LogP contribution in [-0.2, 0) is 4.79 Å². The number of anilines is 1. The fourth-order valence-electron chi connectivity index (χ4n) is 2.22. The Labute approximate surface area is 165 Å². The van der Waals surface area contributed by atoms with Gasteiger partial charge in [-0.15, -0.1) is 0 Å². The Balaban J connectivity index is 1.97. The van der Waals surface area contributed by atoms with Gasteiger partial charge in [-0.25, -0.2) is 5.43 Å². The third-order valence-electron chi connectivity index (χ3n) is 3.55. The summed E-state index contributed by atoms with van der Waals surface area (Å²) in [5.41, 5.74) is 2.94. The van der Waals surface area contributed by atoms with Gasteiger partial charge < -0.3 is 10.1 Å². The lowest BCUT2D eigenvalue weighted by atomic mass is 10.2. The number of nitro groups is 1. The Morgan fingerprint density at radius 3 is 2.61 bits per heavy atom. The maximum atomic E-state index is 12.1. The second-order valence-electron chi connectivity index (χ2n) is 5.63. The molecule has 0 saturated heterocycles. The fourth-order valence-corrected chi connectivity index (χ4v) is 2.48. The van der Waals surface area contributed by atoms with Crippen molar-refractivity contribution in [3.05, 3.63) is 63.2 Å². The van der Waals surface area contributed by atoms with Crippen LogP contribution < -0.4 is 15.5 Å². The highest BCUT2D eigenvalue weighted by Gasteiger charge is 2.15. The van der Waals surface area contributed by atoms with E-state index >= 15 is 0 Å². The van der Waals surface area contributed by atoms with Gasteiger partial charge in [-0.2, -0.15) is 5.10 Å². The van der Waals surface area contributed by atoms with E-state index in [-0.39, 0.29) is 28.6 Å². The molecule has 0 unspecified atom stereocenters. The van der Waals surface area contributed by atoms with Crippen LogP contribution in [0, 0.1) is 10.1 Å². The Morgan fingerprint density at radius 2 is 1.96 bits per heavy atom. The number of rotatable bonds is 7. The first-order valence-corrected chi connectivity index (χ1v) is 8.40. The van der Waals surface area contributed by atoms with Crippen LogP contribution in [0.1, 0.15) is 23.7 Å². The molecule has 2 N–H and O–H groups in total. The number of non-ortho nitro benzene ring substituents is 1. The van der Waals surface area contributed by atoms with Crippen LogP contribution in [0.3, 0.4) is 0 Å². The minimum atomic E-state index is -0.649. The van der Waals surface area contributed by atoms with Crippen molar-refractivity contribution < 1.29 is 19.2 Å². The molecule has 9 nitrogen and oxygen atoms in total. The zero-order valence-corrected chi connectivity index (χ0v) is 15.8. The van der Waals surface area contributed by atoms with Gasteiger partial charge in [0, 0.05) is 17.8 Å². The summed E-state index contributed by atoms with van der Waals surface area (Å²) in [6.07, 6.45) is -0.0632. The molecule has 2 aromatic carbocycles. The molecule has 2 aromatic rings. The van der Waals surface area contributed by atoms with Gasteiger partial charge in [-0.3, -0.25) is 19.7 Å². The summed E-state index contributed by atoms with van der Waals surface area (Å²) in [7, 11) is 1.50. The number of nitrogens with one attached hydrogen (secondary N) is 2. The fraction of sp³-hybridized carbons (Fsp3) is 0.167. The molecule has 0 bridgehead atoms.